The minimum Gasteiger partial charge on any atom is -0.479 e. The van der Waals surface area contributed by atoms with Crippen LogP contribution in [0, 0.1) is 11.8 Å². The molecule has 2 aliphatic rings. The summed E-state index contributed by atoms with van der Waals surface area (Å²) in [6.45, 7) is 0. The highest BCUT2D eigenvalue weighted by molar-refractivity contribution is 5.88. The number of aromatic amines is 1. The van der Waals surface area contributed by atoms with Gasteiger partial charge in [-0.3, -0.25) is 18.5 Å². The average molecular weight is 765 g/mol. The number of carboxylic acid groups (broad SMARTS) is 1. The second-order valence-corrected chi connectivity index (χ2v) is 12.9. The Hall–Kier alpha value is -6.61. The van der Waals surface area contributed by atoms with E-state index in [0.717, 1.165) is 51.4 Å². The Kier molecular flexibility index (Phi) is 16.0. The van der Waals surface area contributed by atoms with Gasteiger partial charge in [0.1, 0.15) is 19.0 Å². The number of carbonyl (C=O) groups is 3. The maximum Gasteiger partial charge on any atom is 0.373 e. The number of hydrogen-bond donors (Lipinski definition) is 4. The van der Waals surface area contributed by atoms with Gasteiger partial charge in [-0.15, -0.1) is 0 Å². The lowest BCUT2D eigenvalue weighted by Crippen LogP contribution is -2.44. The van der Waals surface area contributed by atoms with Crippen LogP contribution in [0.2, 0.25) is 0 Å². The molecule has 0 saturated heterocycles. The minimum atomic E-state index is -1.71. The third-order valence-corrected chi connectivity index (χ3v) is 9.57. The van der Waals surface area contributed by atoms with E-state index in [4.69, 9.17) is 9.59 Å². The van der Waals surface area contributed by atoms with Crippen LogP contribution in [0.1, 0.15) is 67.3 Å². The van der Waals surface area contributed by atoms with Crippen LogP contribution in [0.3, 0.4) is 0 Å². The van der Waals surface area contributed by atoms with E-state index in [2.05, 4.69) is 24.9 Å². The number of carbonyl (C=O) groups excluding carboxylic acids is 4. The van der Waals surface area contributed by atoms with Crippen molar-refractivity contribution in [3.63, 3.8) is 0 Å². The van der Waals surface area contributed by atoms with E-state index in [1.165, 1.54) is 32.7 Å². The molecule has 2 aromatic carbocycles. The van der Waals surface area contributed by atoms with Gasteiger partial charge in [0.25, 0.3) is 5.91 Å². The molecule has 8 rings (SSSR count). The first-order valence-electron chi connectivity index (χ1n) is 17.9. The Labute approximate surface area is 322 Å². The molecule has 2 fully saturated rings. The number of benzene rings is 2. The fourth-order valence-corrected chi connectivity index (χ4v) is 6.81. The standard InChI is InChI=1S/C16H18N2O2.C13H16O3.C7H6N4O.C3H4N2.CO2/c19-15(18-11-10-17-12-18)16(20,14-8-4-5-9-14)13-6-2-1-3-7-13;14-12(15)13(16,11-8-4-5-9-11)10-6-2-1-3-7-10;12-7(10-3-1-8-5-10)11-4-2-9-6-11;1-2-5-3-4-1;2-1-3/h1-3,6-7,10-12,14,20H,4-5,8-9H2;1-3,6-7,11,16H,4-5,8-9H2,(H,14,15);1-6H;1-3H,(H,4,5);. The summed E-state index contributed by atoms with van der Waals surface area (Å²) in [5, 5.41) is 31.0. The molecular weight excluding hydrogens is 720 g/mol. The van der Waals surface area contributed by atoms with Crippen LogP contribution in [0.5, 0.6) is 0 Å². The highest BCUT2D eigenvalue weighted by Gasteiger charge is 2.47. The summed E-state index contributed by atoms with van der Waals surface area (Å²) in [4.78, 5) is 69.7. The zero-order valence-electron chi connectivity index (χ0n) is 30.5. The first-order valence-corrected chi connectivity index (χ1v) is 17.9. The quantitative estimate of drug-likeness (QED) is 0.172. The Morgan fingerprint density at radius 1 is 0.625 bits per heavy atom. The number of aromatic nitrogens is 8. The molecule has 2 atom stereocenters. The summed E-state index contributed by atoms with van der Waals surface area (Å²) in [6, 6.07) is 17.8. The maximum atomic E-state index is 12.8. The number of rotatable bonds is 6. The Morgan fingerprint density at radius 2 is 1.04 bits per heavy atom. The lowest BCUT2D eigenvalue weighted by atomic mass is 9.79. The molecule has 0 radical (unpaired) electrons. The summed E-state index contributed by atoms with van der Waals surface area (Å²) in [5.74, 6) is -1.63. The van der Waals surface area contributed by atoms with Gasteiger partial charge in [0.05, 0.1) is 6.33 Å². The second-order valence-electron chi connectivity index (χ2n) is 12.9. The molecular formula is C40H44N8O8. The molecule has 2 aliphatic carbocycles. The molecule has 16 nitrogen and oxygen atoms in total. The fourth-order valence-electron chi connectivity index (χ4n) is 6.81. The average Bonchev–Trinajstić information content (AvgIpc) is 4.10. The fraction of sp³-hybridized carbons (Fsp3) is 0.300. The Bertz CT molecular complexity index is 1970. The Balaban J connectivity index is 0.000000173. The topological polar surface area (TPSA) is 228 Å². The van der Waals surface area contributed by atoms with Gasteiger partial charge in [0.2, 0.25) is 0 Å². The van der Waals surface area contributed by atoms with E-state index < -0.39 is 17.2 Å². The second kappa shape index (κ2) is 21.3. The third kappa shape index (κ3) is 10.8. The highest BCUT2D eigenvalue weighted by atomic mass is 16.4. The zero-order valence-corrected chi connectivity index (χ0v) is 30.5. The van der Waals surface area contributed by atoms with Crippen LogP contribution in [0.25, 0.3) is 0 Å². The van der Waals surface area contributed by atoms with Crippen molar-refractivity contribution in [2.45, 2.75) is 62.6 Å². The van der Waals surface area contributed by atoms with Crippen LogP contribution in [-0.4, -0.2) is 78.0 Å². The molecule has 2 unspecified atom stereocenters. The largest absolute Gasteiger partial charge is 0.479 e. The van der Waals surface area contributed by atoms with E-state index in [0.29, 0.717) is 11.1 Å². The van der Waals surface area contributed by atoms with Gasteiger partial charge in [-0.25, -0.2) is 29.5 Å². The summed E-state index contributed by atoms with van der Waals surface area (Å²) >= 11 is 0. The maximum absolute atomic E-state index is 12.8. The van der Waals surface area contributed by atoms with Crippen molar-refractivity contribution < 1.29 is 39.3 Å². The van der Waals surface area contributed by atoms with Gasteiger partial charge < -0.3 is 20.3 Å². The molecule has 16 heteroatoms. The van der Waals surface area contributed by atoms with Gasteiger partial charge in [-0.1, -0.05) is 86.3 Å². The van der Waals surface area contributed by atoms with E-state index in [1.54, 1.807) is 80.2 Å². The van der Waals surface area contributed by atoms with Crippen molar-refractivity contribution >= 4 is 24.1 Å². The van der Waals surface area contributed by atoms with Crippen molar-refractivity contribution in [2.24, 2.45) is 11.8 Å². The number of hydrogen-bond acceptors (Lipinski definition) is 11. The number of nitrogens with zero attached hydrogens (tertiary/aromatic N) is 7. The van der Waals surface area contributed by atoms with E-state index in [9.17, 15) is 29.7 Å². The number of imidazole rings is 4. The van der Waals surface area contributed by atoms with Crippen LogP contribution in [-0.2, 0) is 25.6 Å². The molecule has 0 spiro atoms. The van der Waals surface area contributed by atoms with Crippen molar-refractivity contribution in [2.75, 3.05) is 0 Å². The number of aliphatic hydroxyl groups is 2. The highest BCUT2D eigenvalue weighted by Crippen LogP contribution is 2.42. The SMILES string of the molecule is O=C(O)C(O)(c1ccccc1)C1CCCC1.O=C(n1ccnc1)C(O)(c1ccccc1)C1CCCC1.O=C(n1ccnc1)n1ccnc1.O=C=O.c1c[nH]cn1. The normalized spacial score (nSPS) is 15.6. The summed E-state index contributed by atoms with van der Waals surface area (Å²) in [6.07, 6.45) is 26.6. The minimum absolute atomic E-state index is 0.0280. The van der Waals surface area contributed by atoms with Crippen LogP contribution in [0.15, 0.2) is 136 Å². The number of nitrogens with one attached hydrogen (secondary N) is 1. The van der Waals surface area contributed by atoms with Crippen LogP contribution >= 0.6 is 0 Å². The third-order valence-electron chi connectivity index (χ3n) is 9.57. The molecule has 0 amide bonds. The summed E-state index contributed by atoms with van der Waals surface area (Å²) < 4.78 is 4.13. The van der Waals surface area contributed by atoms with E-state index >= 15 is 0 Å². The molecule has 56 heavy (non-hydrogen) atoms. The van der Waals surface area contributed by atoms with Crippen molar-refractivity contribution in [1.82, 2.24) is 38.6 Å². The molecule has 2 saturated carbocycles. The summed E-state index contributed by atoms with van der Waals surface area (Å²) in [5.41, 5.74) is -2.00. The molecule has 292 valence electrons. The van der Waals surface area contributed by atoms with E-state index in [-0.39, 0.29) is 29.9 Å². The van der Waals surface area contributed by atoms with Gasteiger partial charge >= 0.3 is 18.2 Å². The molecule has 6 aromatic rings. The molecule has 4 aromatic heterocycles. The molecule has 0 aliphatic heterocycles. The smallest absolute Gasteiger partial charge is 0.373 e. The van der Waals surface area contributed by atoms with E-state index in [1.807, 2.05) is 36.4 Å². The van der Waals surface area contributed by atoms with Gasteiger partial charge in [0.15, 0.2) is 11.2 Å². The molecule has 4 N–H and O–H groups in total. The van der Waals surface area contributed by atoms with Crippen LogP contribution in [0.4, 0.5) is 4.79 Å². The van der Waals surface area contributed by atoms with Crippen molar-refractivity contribution in [3.05, 3.63) is 147 Å². The lowest BCUT2D eigenvalue weighted by molar-refractivity contribution is -0.191. The first-order chi connectivity index (χ1) is 27.2. The monoisotopic (exact) mass is 764 g/mol. The van der Waals surface area contributed by atoms with Gasteiger partial charge in [0, 0.05) is 61.4 Å². The number of aliphatic carboxylic acids is 1. The van der Waals surface area contributed by atoms with Gasteiger partial charge in [-0.05, 0) is 36.8 Å². The number of carboxylic acids is 1. The van der Waals surface area contributed by atoms with Crippen LogP contribution < -0.4 is 0 Å². The molecule has 4 heterocycles. The Morgan fingerprint density at radius 3 is 1.38 bits per heavy atom. The predicted octanol–water partition coefficient (Wildman–Crippen LogP) is 5.17. The van der Waals surface area contributed by atoms with Crippen molar-refractivity contribution in [1.29, 1.82) is 0 Å². The van der Waals surface area contributed by atoms with Crippen molar-refractivity contribution in [3.8, 4) is 0 Å². The number of H-pyrrole nitrogens is 1. The predicted molar refractivity (Wildman–Crippen MR) is 199 cm³/mol. The van der Waals surface area contributed by atoms with Gasteiger partial charge in [-0.2, -0.15) is 9.59 Å². The lowest BCUT2D eigenvalue weighted by Gasteiger charge is -2.33. The first kappa shape index (κ1) is 42.1. The zero-order chi connectivity index (χ0) is 40.2. The summed E-state index contributed by atoms with van der Waals surface area (Å²) in [7, 11) is 0. The molecule has 0 bridgehead atoms.